The van der Waals surface area contributed by atoms with E-state index in [0.29, 0.717) is 5.75 Å². The quantitative estimate of drug-likeness (QED) is 0.573. The molecule has 0 aliphatic carbocycles. The molecule has 0 aliphatic heterocycles. The molecule has 0 aromatic carbocycles. The Morgan fingerprint density at radius 3 is 2.58 bits per heavy atom. The summed E-state index contributed by atoms with van der Waals surface area (Å²) in [6.07, 6.45) is 1.84. The fourth-order valence-electron chi connectivity index (χ4n) is 0.513. The van der Waals surface area contributed by atoms with Gasteiger partial charge in [0, 0.05) is 12.3 Å². The normalized spacial score (nSPS) is 11.4. The summed E-state index contributed by atoms with van der Waals surface area (Å²) >= 11 is 1.49. The molecule has 0 aliphatic rings. The molecule has 0 amide bonds. The number of rotatable bonds is 6. The average Bonchev–Trinajstić information content (AvgIpc) is 1.84. The van der Waals surface area contributed by atoms with E-state index < -0.39 is 21.7 Å². The van der Waals surface area contributed by atoms with Crippen LogP contribution in [0.15, 0.2) is 0 Å². The van der Waals surface area contributed by atoms with Gasteiger partial charge >= 0.3 is 5.97 Å². The molecular weight excluding hydrogens is 202 g/mol. The predicted octanol–water partition coefficient (Wildman–Crippen LogP) is -0.647. The number of thioether (sulfide) groups is 1. The van der Waals surface area contributed by atoms with Crippen molar-refractivity contribution in [3.8, 4) is 0 Å². The van der Waals surface area contributed by atoms with Crippen LogP contribution in [0, 0.1) is 0 Å². The number of carboxylic acids is 1. The highest BCUT2D eigenvalue weighted by atomic mass is 32.2. The van der Waals surface area contributed by atoms with Crippen molar-refractivity contribution >= 4 is 27.8 Å². The number of aliphatic carboxylic acids is 1. The molecule has 0 saturated heterocycles. The van der Waals surface area contributed by atoms with Gasteiger partial charge in [0.25, 0.3) is 0 Å². The second kappa shape index (κ2) is 5.39. The topological polar surface area (TPSA) is 83.5 Å². The van der Waals surface area contributed by atoms with Gasteiger partial charge in [0.2, 0.25) is 10.0 Å². The van der Waals surface area contributed by atoms with Crippen LogP contribution in [-0.2, 0) is 14.8 Å². The van der Waals surface area contributed by atoms with Crippen molar-refractivity contribution in [3.63, 3.8) is 0 Å². The lowest BCUT2D eigenvalue weighted by atomic mass is 10.8. The zero-order chi connectivity index (χ0) is 9.61. The van der Waals surface area contributed by atoms with Crippen LogP contribution in [0.3, 0.4) is 0 Å². The standard InChI is InChI=1S/C5H11NO4S2/c1-11-3-2-6-12(9,10)4-5(7)8/h6H,2-4H2,1H3,(H,7,8). The Hall–Kier alpha value is -0.270. The van der Waals surface area contributed by atoms with Crippen LogP contribution in [0.1, 0.15) is 0 Å². The number of sulfonamides is 1. The molecule has 2 N–H and O–H groups in total. The summed E-state index contributed by atoms with van der Waals surface area (Å²) in [5, 5.41) is 8.18. The fraction of sp³-hybridized carbons (Fsp3) is 0.800. The maximum Gasteiger partial charge on any atom is 0.320 e. The van der Waals surface area contributed by atoms with Gasteiger partial charge in [-0.05, 0) is 6.26 Å². The van der Waals surface area contributed by atoms with Crippen LogP contribution in [0.5, 0.6) is 0 Å². The van der Waals surface area contributed by atoms with Crippen LogP contribution in [-0.4, -0.2) is 43.8 Å². The molecule has 7 heteroatoms. The summed E-state index contributed by atoms with van der Waals surface area (Å²) in [4.78, 5) is 10.0. The Labute approximate surface area is 75.6 Å². The van der Waals surface area contributed by atoms with Crippen molar-refractivity contribution in [2.24, 2.45) is 0 Å². The molecule has 5 nitrogen and oxygen atoms in total. The van der Waals surface area contributed by atoms with Gasteiger partial charge in [0.15, 0.2) is 5.75 Å². The van der Waals surface area contributed by atoms with Crippen LogP contribution in [0.2, 0.25) is 0 Å². The zero-order valence-electron chi connectivity index (χ0n) is 6.61. The largest absolute Gasteiger partial charge is 0.480 e. The minimum absolute atomic E-state index is 0.275. The second-order valence-electron chi connectivity index (χ2n) is 2.04. The summed E-state index contributed by atoms with van der Waals surface area (Å²) in [5.74, 6) is -1.56. The minimum atomic E-state index is -3.62. The maximum atomic E-state index is 10.8. The lowest BCUT2D eigenvalue weighted by Crippen LogP contribution is -2.31. The summed E-state index contributed by atoms with van der Waals surface area (Å²) in [6, 6.07) is 0. The molecular formula is C5H11NO4S2. The molecule has 0 saturated carbocycles. The number of nitrogens with one attached hydrogen (secondary N) is 1. The van der Waals surface area contributed by atoms with E-state index in [9.17, 15) is 13.2 Å². The molecule has 0 aromatic rings. The number of carbonyl (C=O) groups is 1. The Kier molecular flexibility index (Phi) is 5.27. The van der Waals surface area contributed by atoms with Gasteiger partial charge in [-0.2, -0.15) is 11.8 Å². The third kappa shape index (κ3) is 6.44. The highest BCUT2D eigenvalue weighted by Crippen LogP contribution is 1.90. The van der Waals surface area contributed by atoms with Gasteiger partial charge in [-0.25, -0.2) is 13.1 Å². The van der Waals surface area contributed by atoms with E-state index >= 15 is 0 Å². The van der Waals surface area contributed by atoms with Crippen LogP contribution in [0.25, 0.3) is 0 Å². The summed E-state index contributed by atoms with van der Waals surface area (Å²) in [7, 11) is -3.62. The average molecular weight is 213 g/mol. The lowest BCUT2D eigenvalue weighted by Gasteiger charge is -2.01. The highest BCUT2D eigenvalue weighted by Gasteiger charge is 2.13. The van der Waals surface area contributed by atoms with Crippen molar-refractivity contribution in [2.45, 2.75) is 0 Å². The van der Waals surface area contributed by atoms with Crippen molar-refractivity contribution in [1.29, 1.82) is 0 Å². The molecule has 0 fully saturated rings. The van der Waals surface area contributed by atoms with E-state index in [1.54, 1.807) is 0 Å². The van der Waals surface area contributed by atoms with E-state index in [2.05, 4.69) is 4.72 Å². The van der Waals surface area contributed by atoms with Gasteiger partial charge in [-0.3, -0.25) is 4.79 Å². The Bertz CT molecular complexity index is 236. The summed E-state index contributed by atoms with van der Waals surface area (Å²) < 4.78 is 23.8. The molecule has 0 radical (unpaired) electrons. The van der Waals surface area contributed by atoms with Gasteiger partial charge in [-0.15, -0.1) is 0 Å². The van der Waals surface area contributed by atoms with Crippen LogP contribution in [0.4, 0.5) is 0 Å². The van der Waals surface area contributed by atoms with Crippen molar-refractivity contribution in [2.75, 3.05) is 24.3 Å². The third-order valence-electron chi connectivity index (χ3n) is 0.942. The minimum Gasteiger partial charge on any atom is -0.480 e. The van der Waals surface area contributed by atoms with E-state index in [1.807, 2.05) is 6.26 Å². The molecule has 12 heavy (non-hydrogen) atoms. The van der Waals surface area contributed by atoms with Crippen molar-refractivity contribution in [1.82, 2.24) is 4.72 Å². The predicted molar refractivity (Wildman–Crippen MR) is 47.8 cm³/mol. The first kappa shape index (κ1) is 11.7. The smallest absolute Gasteiger partial charge is 0.320 e. The first-order chi connectivity index (χ1) is 5.48. The zero-order valence-corrected chi connectivity index (χ0v) is 8.24. The van der Waals surface area contributed by atoms with Crippen LogP contribution < -0.4 is 4.72 Å². The molecule has 0 unspecified atom stereocenters. The molecule has 0 heterocycles. The lowest BCUT2D eigenvalue weighted by molar-refractivity contribution is -0.134. The number of hydrogen-bond donors (Lipinski definition) is 2. The van der Waals surface area contributed by atoms with Crippen molar-refractivity contribution < 1.29 is 18.3 Å². The van der Waals surface area contributed by atoms with Crippen molar-refractivity contribution in [3.05, 3.63) is 0 Å². The highest BCUT2D eigenvalue weighted by molar-refractivity contribution is 7.98. The van der Waals surface area contributed by atoms with E-state index in [4.69, 9.17) is 5.11 Å². The first-order valence-corrected chi connectivity index (χ1v) is 6.20. The number of hydrogen-bond acceptors (Lipinski definition) is 4. The third-order valence-corrected chi connectivity index (χ3v) is 2.82. The molecule has 0 rings (SSSR count). The monoisotopic (exact) mass is 213 g/mol. The van der Waals surface area contributed by atoms with E-state index in [1.165, 1.54) is 11.8 Å². The SMILES string of the molecule is CSCCNS(=O)(=O)CC(=O)O. The van der Waals surface area contributed by atoms with Gasteiger partial charge in [0.1, 0.15) is 0 Å². The molecule has 0 bridgehead atoms. The Morgan fingerprint density at radius 2 is 2.17 bits per heavy atom. The van der Waals surface area contributed by atoms with Crippen LogP contribution >= 0.6 is 11.8 Å². The van der Waals surface area contributed by atoms with Gasteiger partial charge < -0.3 is 5.11 Å². The van der Waals surface area contributed by atoms with Gasteiger partial charge in [-0.1, -0.05) is 0 Å². The molecule has 72 valence electrons. The number of carboxylic acid groups (broad SMARTS) is 1. The first-order valence-electron chi connectivity index (χ1n) is 3.16. The molecule has 0 atom stereocenters. The van der Waals surface area contributed by atoms with Gasteiger partial charge in [0.05, 0.1) is 0 Å². The fourth-order valence-corrected chi connectivity index (χ4v) is 1.79. The second-order valence-corrected chi connectivity index (χ2v) is 4.83. The Balaban J connectivity index is 3.81. The molecule has 0 spiro atoms. The van der Waals surface area contributed by atoms with E-state index in [-0.39, 0.29) is 6.54 Å². The Morgan fingerprint density at radius 1 is 1.58 bits per heavy atom. The van der Waals surface area contributed by atoms with E-state index in [0.717, 1.165) is 0 Å². The molecule has 0 aromatic heterocycles. The summed E-state index contributed by atoms with van der Waals surface area (Å²) in [5.41, 5.74) is 0. The maximum absolute atomic E-state index is 10.8. The summed E-state index contributed by atoms with van der Waals surface area (Å²) in [6.45, 7) is 0.275.